The Kier molecular flexibility index (Phi) is 4.68. The summed E-state index contributed by atoms with van der Waals surface area (Å²) in [6, 6.07) is 15.6. The van der Waals surface area contributed by atoms with Crippen molar-refractivity contribution in [1.29, 1.82) is 0 Å². The number of amides is 1. The lowest BCUT2D eigenvalue weighted by Gasteiger charge is -2.20. The summed E-state index contributed by atoms with van der Waals surface area (Å²) in [7, 11) is 3.98. The summed E-state index contributed by atoms with van der Waals surface area (Å²) in [5, 5.41) is 1.62. The van der Waals surface area contributed by atoms with E-state index in [1.165, 1.54) is 16.9 Å². The highest BCUT2D eigenvalue weighted by Gasteiger charge is 2.24. The van der Waals surface area contributed by atoms with E-state index in [-0.39, 0.29) is 5.91 Å². The molecule has 0 aliphatic heterocycles. The van der Waals surface area contributed by atoms with Crippen molar-refractivity contribution in [2.75, 3.05) is 32.1 Å². The van der Waals surface area contributed by atoms with Crippen molar-refractivity contribution in [2.45, 2.75) is 6.92 Å². The fourth-order valence-corrected chi connectivity index (χ4v) is 4.03. The molecule has 5 nitrogen and oxygen atoms in total. The minimum atomic E-state index is -0.163. The highest BCUT2D eigenvalue weighted by Crippen LogP contribution is 2.31. The lowest BCUT2D eigenvalue weighted by molar-refractivity contribution is 0.0960. The molecule has 0 bridgehead atoms. The maximum Gasteiger partial charge on any atom is 0.295 e. The summed E-state index contributed by atoms with van der Waals surface area (Å²) in [6.07, 6.45) is 0. The molecule has 1 amide bonds. The number of nitrogens with zero attached hydrogens (tertiary/aromatic N) is 3. The van der Waals surface area contributed by atoms with E-state index in [0.29, 0.717) is 23.0 Å². The second-order valence-corrected chi connectivity index (χ2v) is 7.89. The molecule has 4 aromatic rings. The molecule has 0 saturated heterocycles. The quantitative estimate of drug-likeness (QED) is 0.510. The first kappa shape index (κ1) is 17.7. The highest BCUT2D eigenvalue weighted by molar-refractivity contribution is 7.22. The minimum Gasteiger partial charge on any atom is -0.451 e. The van der Waals surface area contributed by atoms with Gasteiger partial charge in [-0.25, -0.2) is 4.98 Å². The van der Waals surface area contributed by atoms with E-state index in [9.17, 15) is 4.79 Å². The maximum absolute atomic E-state index is 13.3. The smallest absolute Gasteiger partial charge is 0.295 e. The number of carbonyl (C=O) groups is 1. The zero-order valence-corrected chi connectivity index (χ0v) is 16.4. The lowest BCUT2D eigenvalue weighted by atomic mass is 10.2. The van der Waals surface area contributed by atoms with Crippen molar-refractivity contribution < 1.29 is 9.21 Å². The van der Waals surface area contributed by atoms with Crippen LogP contribution < -0.4 is 4.90 Å². The van der Waals surface area contributed by atoms with Crippen molar-refractivity contribution in [3.05, 3.63) is 59.9 Å². The van der Waals surface area contributed by atoms with Gasteiger partial charge >= 0.3 is 0 Å². The van der Waals surface area contributed by atoms with Crippen LogP contribution in [-0.4, -0.2) is 43.0 Å². The Hall–Kier alpha value is -2.70. The van der Waals surface area contributed by atoms with Gasteiger partial charge in [-0.05, 0) is 50.8 Å². The van der Waals surface area contributed by atoms with Gasteiger partial charge in [0, 0.05) is 18.5 Å². The molecule has 2 heterocycles. The third kappa shape index (κ3) is 3.59. The SMILES string of the molecule is Cc1ccc2nc(N(CCN(C)C)C(=O)c3cc4ccccc4o3)sc2c1. The van der Waals surface area contributed by atoms with Gasteiger partial charge in [0.2, 0.25) is 0 Å². The topological polar surface area (TPSA) is 49.6 Å². The Bertz CT molecular complexity index is 1080. The average Bonchev–Trinajstić information content (AvgIpc) is 3.24. The molecular formula is C21H21N3O2S. The van der Waals surface area contributed by atoms with E-state index in [0.717, 1.165) is 22.1 Å². The van der Waals surface area contributed by atoms with Gasteiger partial charge < -0.3 is 9.32 Å². The number of aromatic nitrogens is 1. The monoisotopic (exact) mass is 379 g/mol. The van der Waals surface area contributed by atoms with Crippen molar-refractivity contribution in [3.63, 3.8) is 0 Å². The van der Waals surface area contributed by atoms with Crippen LogP contribution in [0.4, 0.5) is 5.13 Å². The van der Waals surface area contributed by atoms with Crippen LogP contribution in [0, 0.1) is 6.92 Å². The first-order valence-electron chi connectivity index (χ1n) is 8.83. The van der Waals surface area contributed by atoms with Crippen LogP contribution in [-0.2, 0) is 0 Å². The first-order chi connectivity index (χ1) is 13.0. The van der Waals surface area contributed by atoms with Crippen LogP contribution in [0.15, 0.2) is 52.9 Å². The summed E-state index contributed by atoms with van der Waals surface area (Å²) in [6.45, 7) is 3.34. The zero-order valence-electron chi connectivity index (χ0n) is 15.6. The number of aryl methyl sites for hydroxylation is 1. The Labute approximate surface area is 161 Å². The van der Waals surface area contributed by atoms with E-state index < -0.39 is 0 Å². The van der Waals surface area contributed by atoms with Gasteiger partial charge in [-0.2, -0.15) is 0 Å². The van der Waals surface area contributed by atoms with Crippen molar-refractivity contribution in [1.82, 2.24) is 9.88 Å². The fourth-order valence-electron chi connectivity index (χ4n) is 2.94. The normalized spacial score (nSPS) is 11.6. The summed E-state index contributed by atoms with van der Waals surface area (Å²) in [5.41, 5.74) is 2.81. The van der Waals surface area contributed by atoms with E-state index in [1.54, 1.807) is 11.0 Å². The van der Waals surface area contributed by atoms with Crippen molar-refractivity contribution in [3.8, 4) is 0 Å². The number of thiazole rings is 1. The summed E-state index contributed by atoms with van der Waals surface area (Å²) in [4.78, 5) is 21.7. The second-order valence-electron chi connectivity index (χ2n) is 6.88. The molecule has 0 aliphatic rings. The van der Waals surface area contributed by atoms with Crippen LogP contribution in [0.3, 0.4) is 0 Å². The van der Waals surface area contributed by atoms with Gasteiger partial charge in [0.25, 0.3) is 5.91 Å². The molecule has 0 saturated carbocycles. The molecule has 4 rings (SSSR count). The molecule has 0 radical (unpaired) electrons. The number of benzene rings is 2. The summed E-state index contributed by atoms with van der Waals surface area (Å²) < 4.78 is 6.89. The number of likely N-dealkylation sites (N-methyl/N-ethyl adjacent to an activating group) is 1. The zero-order chi connectivity index (χ0) is 19.0. The van der Waals surface area contributed by atoms with E-state index in [1.807, 2.05) is 50.5 Å². The predicted octanol–water partition coefficient (Wildman–Crippen LogP) is 4.56. The van der Waals surface area contributed by atoms with E-state index in [4.69, 9.17) is 9.40 Å². The molecule has 0 N–H and O–H groups in total. The number of furan rings is 1. The Balaban J connectivity index is 1.73. The number of rotatable bonds is 5. The molecular weight excluding hydrogens is 358 g/mol. The number of hydrogen-bond acceptors (Lipinski definition) is 5. The molecule has 2 aromatic heterocycles. The Morgan fingerprint density at radius 2 is 1.93 bits per heavy atom. The summed E-state index contributed by atoms with van der Waals surface area (Å²) in [5.74, 6) is 0.175. The van der Waals surface area contributed by atoms with Gasteiger partial charge in [0.05, 0.1) is 10.2 Å². The largest absolute Gasteiger partial charge is 0.451 e. The van der Waals surface area contributed by atoms with Crippen LogP contribution in [0.25, 0.3) is 21.2 Å². The van der Waals surface area contributed by atoms with Crippen LogP contribution in [0.5, 0.6) is 0 Å². The molecule has 0 fully saturated rings. The molecule has 0 atom stereocenters. The molecule has 0 aliphatic carbocycles. The van der Waals surface area contributed by atoms with Gasteiger partial charge in [0.15, 0.2) is 10.9 Å². The summed E-state index contributed by atoms with van der Waals surface area (Å²) >= 11 is 1.53. The van der Waals surface area contributed by atoms with Crippen molar-refractivity contribution >= 4 is 43.6 Å². The molecule has 2 aromatic carbocycles. The van der Waals surface area contributed by atoms with Crippen LogP contribution >= 0.6 is 11.3 Å². The Morgan fingerprint density at radius 1 is 1.11 bits per heavy atom. The Morgan fingerprint density at radius 3 is 2.70 bits per heavy atom. The minimum absolute atomic E-state index is 0.163. The van der Waals surface area contributed by atoms with Gasteiger partial charge in [0.1, 0.15) is 5.58 Å². The lowest BCUT2D eigenvalue weighted by Crippen LogP contribution is -2.36. The number of fused-ring (bicyclic) bond motifs is 2. The number of hydrogen-bond donors (Lipinski definition) is 0. The number of para-hydroxylation sites is 1. The van der Waals surface area contributed by atoms with E-state index in [2.05, 4.69) is 17.9 Å². The average molecular weight is 379 g/mol. The standard InChI is InChI=1S/C21H21N3O2S/c1-14-8-9-16-19(12-14)27-21(22-16)24(11-10-23(2)3)20(25)18-13-15-6-4-5-7-17(15)26-18/h4-9,12-13H,10-11H2,1-3H3. The molecule has 0 spiro atoms. The third-order valence-corrected chi connectivity index (χ3v) is 5.46. The maximum atomic E-state index is 13.3. The van der Waals surface area contributed by atoms with E-state index >= 15 is 0 Å². The van der Waals surface area contributed by atoms with Gasteiger partial charge in [-0.1, -0.05) is 35.6 Å². The molecule has 0 unspecified atom stereocenters. The fraction of sp³-hybridized carbons (Fsp3) is 0.238. The van der Waals surface area contributed by atoms with Crippen LogP contribution in [0.1, 0.15) is 16.1 Å². The predicted molar refractivity (Wildman–Crippen MR) is 111 cm³/mol. The van der Waals surface area contributed by atoms with Crippen molar-refractivity contribution in [2.24, 2.45) is 0 Å². The number of carbonyl (C=O) groups excluding carboxylic acids is 1. The molecule has 27 heavy (non-hydrogen) atoms. The second kappa shape index (κ2) is 7.13. The third-order valence-electron chi connectivity index (χ3n) is 4.42. The molecule has 6 heteroatoms. The number of anilines is 1. The highest BCUT2D eigenvalue weighted by atomic mass is 32.1. The van der Waals surface area contributed by atoms with Gasteiger partial charge in [-0.3, -0.25) is 9.69 Å². The molecule has 138 valence electrons. The van der Waals surface area contributed by atoms with Crippen LogP contribution in [0.2, 0.25) is 0 Å². The first-order valence-corrected chi connectivity index (χ1v) is 9.65. The van der Waals surface area contributed by atoms with Gasteiger partial charge in [-0.15, -0.1) is 0 Å².